The van der Waals surface area contributed by atoms with E-state index in [0.29, 0.717) is 5.95 Å². The molecule has 1 aliphatic heterocycles. The molecule has 0 unspecified atom stereocenters. The van der Waals surface area contributed by atoms with Crippen LogP contribution in [0.2, 0.25) is 0 Å². The highest BCUT2D eigenvalue weighted by Crippen LogP contribution is 2.50. The van der Waals surface area contributed by atoms with E-state index in [2.05, 4.69) is 178 Å². The molecular weight excluding hydrogens is 599 g/mol. The van der Waals surface area contributed by atoms with Crippen LogP contribution in [0.4, 0.5) is 17.1 Å². The molecule has 11 rings (SSSR count). The Kier molecular flexibility index (Phi) is 5.32. The van der Waals surface area contributed by atoms with Crippen LogP contribution < -0.4 is 4.90 Å². The number of para-hydroxylation sites is 5. The van der Waals surface area contributed by atoms with Gasteiger partial charge in [-0.15, -0.1) is 0 Å². The Morgan fingerprint density at radius 1 is 0.388 bits per heavy atom. The van der Waals surface area contributed by atoms with Crippen LogP contribution in [0.5, 0.6) is 0 Å². The highest BCUT2D eigenvalue weighted by atomic mass is 15.2. The molecule has 228 valence electrons. The Labute approximate surface area is 281 Å². The predicted octanol–water partition coefficient (Wildman–Crippen LogP) is 11.3. The van der Waals surface area contributed by atoms with Crippen molar-refractivity contribution in [3.8, 4) is 22.9 Å². The first kappa shape index (κ1) is 26.4. The molecule has 0 bridgehead atoms. The number of hydrogen-bond acceptors (Lipinski definition) is 3. The molecule has 0 fully saturated rings. The van der Waals surface area contributed by atoms with Gasteiger partial charge in [-0.05, 0) is 54.6 Å². The normalized spacial score (nSPS) is 12.4. The average Bonchev–Trinajstić information content (AvgIpc) is 3.69. The summed E-state index contributed by atoms with van der Waals surface area (Å²) >= 11 is 0. The molecule has 0 spiro atoms. The molecule has 0 saturated carbocycles. The van der Waals surface area contributed by atoms with Crippen LogP contribution in [0.1, 0.15) is 0 Å². The summed E-state index contributed by atoms with van der Waals surface area (Å²) < 4.78 is 4.69. The molecule has 0 saturated heterocycles. The lowest BCUT2D eigenvalue weighted by Gasteiger charge is -2.32. The van der Waals surface area contributed by atoms with E-state index < -0.39 is 0 Å². The molecule has 49 heavy (non-hydrogen) atoms. The molecule has 3 aromatic heterocycles. The summed E-state index contributed by atoms with van der Waals surface area (Å²) in [5, 5.41) is 5.81. The minimum absolute atomic E-state index is 0.659. The van der Waals surface area contributed by atoms with Gasteiger partial charge in [0.15, 0.2) is 0 Å². The van der Waals surface area contributed by atoms with Gasteiger partial charge in [-0.3, -0.25) is 4.57 Å². The van der Waals surface area contributed by atoms with Crippen LogP contribution in [-0.4, -0.2) is 19.1 Å². The maximum absolute atomic E-state index is 5.52. The van der Waals surface area contributed by atoms with E-state index in [-0.39, 0.29) is 0 Å². The van der Waals surface area contributed by atoms with Crippen LogP contribution in [0.15, 0.2) is 164 Å². The van der Waals surface area contributed by atoms with Crippen molar-refractivity contribution < 1.29 is 0 Å². The fourth-order valence-corrected chi connectivity index (χ4v) is 8.04. The van der Waals surface area contributed by atoms with Gasteiger partial charge in [0.2, 0.25) is 5.95 Å². The van der Waals surface area contributed by atoms with E-state index in [9.17, 15) is 0 Å². The fraction of sp³-hybridized carbons (Fsp3) is 0. The third-order valence-corrected chi connectivity index (χ3v) is 10.0. The van der Waals surface area contributed by atoms with E-state index in [1.165, 1.54) is 27.1 Å². The summed E-state index contributed by atoms with van der Waals surface area (Å²) in [5.41, 5.74) is 11.8. The minimum Gasteiger partial charge on any atom is -0.309 e. The molecule has 5 nitrogen and oxygen atoms in total. The summed E-state index contributed by atoms with van der Waals surface area (Å²) in [4.78, 5) is 13.3. The van der Waals surface area contributed by atoms with E-state index in [1.807, 2.05) is 0 Å². The number of anilines is 3. The zero-order valence-electron chi connectivity index (χ0n) is 26.3. The third kappa shape index (κ3) is 3.59. The molecule has 7 aromatic carbocycles. The number of rotatable bonds is 3. The Morgan fingerprint density at radius 2 is 0.959 bits per heavy atom. The Hall–Kier alpha value is -6.72. The van der Waals surface area contributed by atoms with E-state index >= 15 is 0 Å². The average molecular weight is 626 g/mol. The maximum Gasteiger partial charge on any atom is 0.235 e. The molecule has 5 heteroatoms. The first-order valence-corrected chi connectivity index (χ1v) is 16.6. The van der Waals surface area contributed by atoms with E-state index in [0.717, 1.165) is 61.5 Å². The summed E-state index contributed by atoms with van der Waals surface area (Å²) in [6.07, 6.45) is 0. The zero-order valence-corrected chi connectivity index (χ0v) is 26.3. The third-order valence-electron chi connectivity index (χ3n) is 10.0. The van der Waals surface area contributed by atoms with Crippen LogP contribution in [0, 0.1) is 0 Å². The van der Waals surface area contributed by atoms with Crippen LogP contribution in [0.25, 0.3) is 77.4 Å². The molecule has 0 N–H and O–H groups in total. The number of nitrogens with zero attached hydrogens (tertiary/aromatic N) is 5. The van der Waals surface area contributed by atoms with Gasteiger partial charge in [0.05, 0.1) is 50.0 Å². The van der Waals surface area contributed by atoms with Gasteiger partial charge in [0.25, 0.3) is 0 Å². The molecule has 0 atom stereocenters. The van der Waals surface area contributed by atoms with Crippen LogP contribution in [0.3, 0.4) is 0 Å². The van der Waals surface area contributed by atoms with Crippen molar-refractivity contribution in [1.82, 2.24) is 19.1 Å². The number of hydrogen-bond donors (Lipinski definition) is 0. The maximum atomic E-state index is 5.52. The first-order valence-electron chi connectivity index (χ1n) is 16.6. The van der Waals surface area contributed by atoms with Gasteiger partial charge in [0.1, 0.15) is 0 Å². The van der Waals surface area contributed by atoms with Crippen molar-refractivity contribution in [2.45, 2.75) is 0 Å². The topological polar surface area (TPSA) is 38.9 Å². The molecule has 0 amide bonds. The highest BCUT2D eigenvalue weighted by molar-refractivity contribution is 6.24. The molecule has 0 aliphatic carbocycles. The second kappa shape index (κ2) is 9.89. The molecular formula is C44H27N5. The quantitative estimate of drug-likeness (QED) is 0.196. The number of aromatic nitrogens is 4. The standard InChI is InChI=1S/C44H27N5/c1-3-14-28(15-4-1)47-38-24-12-9-20-34(38)41-40-35(21-13-25-39(40)47)45-44(46-41)49-37-23-11-8-19-31(37)33-27-26-32-30-18-7-10-22-36(30)48(42(32)43(33)49)29-16-5-2-6-17-29/h1-27H. The largest absolute Gasteiger partial charge is 0.309 e. The highest BCUT2D eigenvalue weighted by Gasteiger charge is 2.29. The SMILES string of the molecule is c1ccc(N2c3ccccc3-c3nc(-n4c5ccccc5c5ccc6c7ccccc7n(-c7ccccc7)c6c54)nc4cccc2c34)cc1. The molecule has 0 radical (unpaired) electrons. The zero-order chi connectivity index (χ0) is 32.1. The van der Waals surface area contributed by atoms with E-state index in [4.69, 9.17) is 9.97 Å². The summed E-state index contributed by atoms with van der Waals surface area (Å²) in [6, 6.07) is 58.1. The second-order valence-electron chi connectivity index (χ2n) is 12.6. The summed E-state index contributed by atoms with van der Waals surface area (Å²) in [6.45, 7) is 0. The predicted molar refractivity (Wildman–Crippen MR) is 202 cm³/mol. The van der Waals surface area contributed by atoms with Crippen molar-refractivity contribution in [3.05, 3.63) is 164 Å². The van der Waals surface area contributed by atoms with Crippen molar-refractivity contribution >= 4 is 71.6 Å². The van der Waals surface area contributed by atoms with E-state index in [1.54, 1.807) is 0 Å². The lowest BCUT2D eigenvalue weighted by molar-refractivity contribution is 1.01. The number of benzene rings is 7. The van der Waals surface area contributed by atoms with Crippen LogP contribution >= 0.6 is 0 Å². The van der Waals surface area contributed by atoms with Gasteiger partial charge in [0, 0.05) is 38.5 Å². The summed E-state index contributed by atoms with van der Waals surface area (Å²) in [7, 11) is 0. The number of fused-ring (bicyclic) bond motifs is 9. The van der Waals surface area contributed by atoms with Crippen molar-refractivity contribution in [3.63, 3.8) is 0 Å². The Morgan fingerprint density at radius 3 is 1.69 bits per heavy atom. The van der Waals surface area contributed by atoms with Crippen molar-refractivity contribution in [2.75, 3.05) is 4.90 Å². The van der Waals surface area contributed by atoms with Crippen molar-refractivity contribution in [1.29, 1.82) is 0 Å². The van der Waals surface area contributed by atoms with Crippen LogP contribution in [-0.2, 0) is 0 Å². The minimum atomic E-state index is 0.659. The molecule has 1 aliphatic rings. The van der Waals surface area contributed by atoms with Crippen molar-refractivity contribution in [2.24, 2.45) is 0 Å². The monoisotopic (exact) mass is 625 g/mol. The lowest BCUT2D eigenvalue weighted by atomic mass is 9.96. The lowest BCUT2D eigenvalue weighted by Crippen LogP contribution is -2.16. The molecule has 10 aromatic rings. The Balaban J connectivity index is 1.30. The second-order valence-corrected chi connectivity index (χ2v) is 12.6. The van der Waals surface area contributed by atoms with Gasteiger partial charge >= 0.3 is 0 Å². The molecule has 4 heterocycles. The van der Waals surface area contributed by atoms with Gasteiger partial charge < -0.3 is 9.47 Å². The fourth-order valence-electron chi connectivity index (χ4n) is 8.04. The Bertz CT molecular complexity index is 2940. The summed E-state index contributed by atoms with van der Waals surface area (Å²) in [5.74, 6) is 0.659. The van der Waals surface area contributed by atoms with Gasteiger partial charge in [-0.2, -0.15) is 0 Å². The van der Waals surface area contributed by atoms with Gasteiger partial charge in [-0.25, -0.2) is 9.97 Å². The smallest absolute Gasteiger partial charge is 0.235 e. The first-order chi connectivity index (χ1) is 24.3. The van der Waals surface area contributed by atoms with Gasteiger partial charge in [-0.1, -0.05) is 109 Å².